The number of thioether (sulfide) groups is 2. The molecular formula is C16H22N2S2. The van der Waals surface area contributed by atoms with E-state index in [1.807, 2.05) is 24.3 Å². The van der Waals surface area contributed by atoms with Gasteiger partial charge in [0.2, 0.25) is 0 Å². The highest BCUT2D eigenvalue weighted by Gasteiger charge is 2.51. The van der Waals surface area contributed by atoms with Crippen LogP contribution in [0.25, 0.3) is 0 Å². The molecule has 0 aliphatic heterocycles. The first-order chi connectivity index (χ1) is 9.70. The Kier molecular flexibility index (Phi) is 7.27. The van der Waals surface area contributed by atoms with Crippen LogP contribution < -0.4 is 0 Å². The van der Waals surface area contributed by atoms with Gasteiger partial charge in [0.1, 0.15) is 0 Å². The molecule has 0 spiro atoms. The second-order valence-corrected chi connectivity index (χ2v) is 7.50. The van der Waals surface area contributed by atoms with E-state index in [4.69, 9.17) is 0 Å². The topological polar surface area (TPSA) is 47.6 Å². The van der Waals surface area contributed by atoms with Gasteiger partial charge in [0, 0.05) is 0 Å². The largest absolute Gasteiger partial charge is 0.196 e. The minimum atomic E-state index is -0.760. The number of nitrogens with zero attached hydrogens (tertiary/aromatic N) is 2. The summed E-state index contributed by atoms with van der Waals surface area (Å²) in [7, 11) is 0. The molecule has 0 saturated carbocycles. The molecule has 2 atom stereocenters. The standard InChI is InChI=1S/C16H22N2S2/c1-3-5-11-19-15(13-17)9-7-8-10-16(15,14-18)20-12-6-4-2/h7-10H,3-6,11-12H2,1-2H3. The van der Waals surface area contributed by atoms with Crippen molar-refractivity contribution in [2.24, 2.45) is 0 Å². The Bertz CT molecular complexity index is 402. The number of hydrogen-bond donors (Lipinski definition) is 0. The fraction of sp³-hybridized carbons (Fsp3) is 0.625. The first kappa shape index (κ1) is 17.2. The summed E-state index contributed by atoms with van der Waals surface area (Å²) in [5, 5.41) is 19.5. The fourth-order valence-electron chi connectivity index (χ4n) is 2.00. The lowest BCUT2D eigenvalue weighted by Gasteiger charge is -2.38. The third-order valence-electron chi connectivity index (χ3n) is 3.31. The monoisotopic (exact) mass is 306 g/mol. The van der Waals surface area contributed by atoms with Crippen LogP contribution in [0.15, 0.2) is 24.3 Å². The van der Waals surface area contributed by atoms with E-state index in [1.165, 1.54) is 0 Å². The van der Waals surface area contributed by atoms with Gasteiger partial charge in [-0.25, -0.2) is 0 Å². The average molecular weight is 307 g/mol. The number of rotatable bonds is 8. The lowest BCUT2D eigenvalue weighted by molar-refractivity contribution is 0.781. The molecule has 0 aromatic carbocycles. The molecule has 0 radical (unpaired) electrons. The van der Waals surface area contributed by atoms with Crippen LogP contribution in [0.2, 0.25) is 0 Å². The predicted octanol–water partition coefficient (Wildman–Crippen LogP) is 4.70. The second kappa shape index (κ2) is 8.45. The Morgan fingerprint density at radius 1 is 0.850 bits per heavy atom. The van der Waals surface area contributed by atoms with Crippen molar-refractivity contribution in [1.29, 1.82) is 10.5 Å². The molecule has 4 heteroatoms. The molecule has 20 heavy (non-hydrogen) atoms. The highest BCUT2D eigenvalue weighted by molar-refractivity contribution is 8.05. The molecule has 0 amide bonds. The minimum Gasteiger partial charge on any atom is -0.196 e. The summed E-state index contributed by atoms with van der Waals surface area (Å²) >= 11 is 3.23. The first-order valence-corrected chi connectivity index (χ1v) is 9.15. The average Bonchev–Trinajstić information content (AvgIpc) is 2.49. The van der Waals surface area contributed by atoms with Gasteiger partial charge < -0.3 is 0 Å². The van der Waals surface area contributed by atoms with Gasteiger partial charge in [0.25, 0.3) is 0 Å². The van der Waals surface area contributed by atoms with Gasteiger partial charge in [-0.3, -0.25) is 0 Å². The molecule has 1 rings (SSSR count). The van der Waals surface area contributed by atoms with Crippen LogP contribution in [0.5, 0.6) is 0 Å². The van der Waals surface area contributed by atoms with Crippen LogP contribution >= 0.6 is 23.5 Å². The lowest BCUT2D eigenvalue weighted by Crippen LogP contribution is -2.46. The lowest BCUT2D eigenvalue weighted by atomic mass is 9.88. The molecule has 0 aromatic rings. The van der Waals surface area contributed by atoms with Crippen LogP contribution in [0.3, 0.4) is 0 Å². The molecule has 0 heterocycles. The molecule has 0 fully saturated rings. The van der Waals surface area contributed by atoms with Crippen molar-refractivity contribution >= 4 is 23.5 Å². The quantitative estimate of drug-likeness (QED) is 0.610. The van der Waals surface area contributed by atoms with Gasteiger partial charge >= 0.3 is 0 Å². The second-order valence-electron chi connectivity index (χ2n) is 4.82. The van der Waals surface area contributed by atoms with E-state index >= 15 is 0 Å². The molecule has 0 saturated heterocycles. The van der Waals surface area contributed by atoms with Crippen molar-refractivity contribution in [3.8, 4) is 12.1 Å². The molecule has 2 unspecified atom stereocenters. The Hall–Kier alpha value is -0.840. The zero-order chi connectivity index (χ0) is 14.9. The number of nitriles is 2. The fourth-order valence-corrected chi connectivity index (χ4v) is 5.00. The van der Waals surface area contributed by atoms with Crippen LogP contribution in [-0.4, -0.2) is 21.0 Å². The van der Waals surface area contributed by atoms with Crippen molar-refractivity contribution in [2.75, 3.05) is 11.5 Å². The van der Waals surface area contributed by atoms with Gasteiger partial charge in [0.05, 0.1) is 12.1 Å². The molecule has 0 bridgehead atoms. The van der Waals surface area contributed by atoms with E-state index in [1.54, 1.807) is 23.5 Å². The van der Waals surface area contributed by atoms with E-state index in [0.717, 1.165) is 37.2 Å². The summed E-state index contributed by atoms with van der Waals surface area (Å²) in [6, 6.07) is 4.85. The van der Waals surface area contributed by atoms with E-state index < -0.39 is 9.49 Å². The SMILES string of the molecule is CCCCSC1(C#N)C=CC=CC1(C#N)SCCCC. The maximum atomic E-state index is 9.74. The molecule has 108 valence electrons. The van der Waals surface area contributed by atoms with Crippen LogP contribution in [0.4, 0.5) is 0 Å². The summed E-state index contributed by atoms with van der Waals surface area (Å²) in [5.74, 6) is 1.83. The van der Waals surface area contributed by atoms with Gasteiger partial charge in [-0.1, -0.05) is 51.0 Å². The van der Waals surface area contributed by atoms with E-state index in [2.05, 4.69) is 26.0 Å². The zero-order valence-electron chi connectivity index (χ0n) is 12.3. The Balaban J connectivity index is 2.97. The molecule has 1 aliphatic carbocycles. The minimum absolute atomic E-state index is 0.760. The van der Waals surface area contributed by atoms with Crippen molar-refractivity contribution < 1.29 is 0 Å². The third-order valence-corrected chi connectivity index (χ3v) is 6.44. The van der Waals surface area contributed by atoms with Gasteiger partial charge in [-0.15, -0.1) is 23.5 Å². The molecular weight excluding hydrogens is 284 g/mol. The normalized spacial score (nSPS) is 28.0. The van der Waals surface area contributed by atoms with Crippen LogP contribution in [0, 0.1) is 22.7 Å². The Morgan fingerprint density at radius 3 is 1.55 bits per heavy atom. The molecule has 0 N–H and O–H groups in total. The summed E-state index contributed by atoms with van der Waals surface area (Å²) < 4.78 is -1.52. The Labute approximate surface area is 131 Å². The summed E-state index contributed by atoms with van der Waals surface area (Å²) in [6.07, 6.45) is 12.0. The highest BCUT2D eigenvalue weighted by Crippen LogP contribution is 2.48. The van der Waals surface area contributed by atoms with Gasteiger partial charge in [-0.2, -0.15) is 10.5 Å². The summed E-state index contributed by atoms with van der Waals surface area (Å²) in [6.45, 7) is 4.29. The number of allylic oxidation sites excluding steroid dienone is 2. The predicted molar refractivity (Wildman–Crippen MR) is 89.7 cm³/mol. The molecule has 1 aliphatic rings. The number of unbranched alkanes of at least 4 members (excludes halogenated alkanes) is 2. The molecule has 2 nitrogen and oxygen atoms in total. The Morgan fingerprint density at radius 2 is 1.25 bits per heavy atom. The van der Waals surface area contributed by atoms with Crippen molar-refractivity contribution in [3.63, 3.8) is 0 Å². The maximum absolute atomic E-state index is 9.74. The number of hydrogen-bond acceptors (Lipinski definition) is 4. The zero-order valence-corrected chi connectivity index (χ0v) is 13.9. The maximum Gasteiger partial charge on any atom is 0.152 e. The van der Waals surface area contributed by atoms with E-state index in [0.29, 0.717) is 0 Å². The smallest absolute Gasteiger partial charge is 0.152 e. The highest BCUT2D eigenvalue weighted by atomic mass is 32.2. The summed E-state index contributed by atoms with van der Waals surface area (Å²) in [4.78, 5) is 0. The van der Waals surface area contributed by atoms with Crippen molar-refractivity contribution in [1.82, 2.24) is 0 Å². The molecule has 0 aromatic heterocycles. The first-order valence-electron chi connectivity index (χ1n) is 7.17. The van der Waals surface area contributed by atoms with Crippen molar-refractivity contribution in [2.45, 2.75) is 49.0 Å². The van der Waals surface area contributed by atoms with E-state index in [9.17, 15) is 10.5 Å². The van der Waals surface area contributed by atoms with Crippen LogP contribution in [0.1, 0.15) is 39.5 Å². The third kappa shape index (κ3) is 3.62. The van der Waals surface area contributed by atoms with Gasteiger partial charge in [0.15, 0.2) is 9.49 Å². The van der Waals surface area contributed by atoms with Crippen LogP contribution in [-0.2, 0) is 0 Å². The summed E-state index contributed by atoms with van der Waals surface area (Å²) in [5.41, 5.74) is 0. The van der Waals surface area contributed by atoms with E-state index in [-0.39, 0.29) is 0 Å². The van der Waals surface area contributed by atoms with Gasteiger partial charge in [-0.05, 0) is 24.3 Å². The van der Waals surface area contributed by atoms with Crippen molar-refractivity contribution in [3.05, 3.63) is 24.3 Å².